The third-order valence-electron chi connectivity index (χ3n) is 5.92. The number of carboxylic acids is 1. The fraction of sp³-hybridized carbons (Fsp3) is 0.400. The van der Waals surface area contributed by atoms with Crippen LogP contribution >= 0.6 is 0 Å². The first-order chi connectivity index (χ1) is 12.2. The minimum atomic E-state index is -1.22. The van der Waals surface area contributed by atoms with Gasteiger partial charge in [-0.3, -0.25) is 4.79 Å². The number of rotatable bonds is 2. The van der Waals surface area contributed by atoms with E-state index in [1.165, 1.54) is 19.4 Å². The smallest absolute Gasteiger partial charge is 0.341 e. The van der Waals surface area contributed by atoms with Crippen molar-refractivity contribution >= 4 is 5.97 Å². The van der Waals surface area contributed by atoms with Gasteiger partial charge in [0, 0.05) is 29.8 Å². The van der Waals surface area contributed by atoms with Crippen molar-refractivity contribution in [3.63, 3.8) is 0 Å². The average molecular weight is 355 g/mol. The van der Waals surface area contributed by atoms with Crippen molar-refractivity contribution in [1.29, 1.82) is 0 Å². The van der Waals surface area contributed by atoms with Crippen molar-refractivity contribution in [1.82, 2.24) is 4.57 Å². The van der Waals surface area contributed by atoms with E-state index < -0.39 is 11.4 Å². The zero-order valence-corrected chi connectivity index (χ0v) is 14.9. The topological polar surface area (TPSA) is 88.8 Å². The molecule has 1 aliphatic heterocycles. The van der Waals surface area contributed by atoms with Crippen LogP contribution < -0.4 is 10.2 Å². The molecule has 0 spiro atoms. The Labute approximate surface area is 150 Å². The van der Waals surface area contributed by atoms with Gasteiger partial charge in [-0.05, 0) is 36.0 Å². The molecule has 2 N–H and O–H groups in total. The number of phenolic OH excluding ortho intramolecular Hbond substituents is 1. The molecule has 1 aliphatic carbocycles. The number of nitrogens with zero attached hydrogens (tertiary/aromatic N) is 1. The van der Waals surface area contributed by atoms with E-state index in [1.54, 1.807) is 12.1 Å². The van der Waals surface area contributed by atoms with Gasteiger partial charge in [-0.2, -0.15) is 0 Å². The van der Waals surface area contributed by atoms with Crippen molar-refractivity contribution < 1.29 is 19.7 Å². The molecule has 0 radical (unpaired) electrons. The Morgan fingerprint density at radius 2 is 2.04 bits per heavy atom. The molecule has 1 fully saturated rings. The molecule has 26 heavy (non-hydrogen) atoms. The van der Waals surface area contributed by atoms with E-state index in [0.717, 1.165) is 24.0 Å². The number of methoxy groups -OCH3 is 1. The van der Waals surface area contributed by atoms with Crippen molar-refractivity contribution in [2.75, 3.05) is 7.11 Å². The number of pyridine rings is 1. The molecule has 4 rings (SSSR count). The highest BCUT2D eigenvalue weighted by atomic mass is 16.5. The first kappa shape index (κ1) is 16.7. The molecule has 0 saturated heterocycles. The summed E-state index contributed by atoms with van der Waals surface area (Å²) < 4.78 is 7.18. The Morgan fingerprint density at radius 1 is 1.31 bits per heavy atom. The maximum Gasteiger partial charge on any atom is 0.341 e. The van der Waals surface area contributed by atoms with E-state index in [4.69, 9.17) is 4.74 Å². The average Bonchev–Trinajstić information content (AvgIpc) is 2.89. The Bertz CT molecular complexity index is 988. The quantitative estimate of drug-likeness (QED) is 0.862. The lowest BCUT2D eigenvalue weighted by Crippen LogP contribution is -2.32. The fourth-order valence-electron chi connectivity index (χ4n) is 4.71. The largest absolute Gasteiger partial charge is 0.504 e. The van der Waals surface area contributed by atoms with Crippen molar-refractivity contribution in [3.05, 3.63) is 45.7 Å². The molecular formula is C20H21NO5. The van der Waals surface area contributed by atoms with Gasteiger partial charge in [-0.1, -0.05) is 13.8 Å². The molecule has 2 atom stereocenters. The lowest BCUT2D eigenvalue weighted by Gasteiger charge is -2.39. The maximum absolute atomic E-state index is 12.3. The molecule has 0 amide bonds. The predicted octanol–water partition coefficient (Wildman–Crippen LogP) is 3.39. The van der Waals surface area contributed by atoms with Gasteiger partial charge in [0.1, 0.15) is 5.56 Å². The third-order valence-corrected chi connectivity index (χ3v) is 5.92. The van der Waals surface area contributed by atoms with Crippen molar-refractivity contribution in [2.45, 2.75) is 38.6 Å². The second-order valence-corrected chi connectivity index (χ2v) is 7.84. The Hall–Kier alpha value is -2.76. The summed E-state index contributed by atoms with van der Waals surface area (Å²) in [7, 11) is 1.48. The molecular weight excluding hydrogens is 334 g/mol. The highest BCUT2D eigenvalue weighted by Crippen LogP contribution is 2.59. The van der Waals surface area contributed by atoms with Crippen LogP contribution in [0.4, 0.5) is 0 Å². The van der Waals surface area contributed by atoms with Crippen molar-refractivity contribution in [2.24, 2.45) is 5.41 Å². The molecule has 1 aromatic carbocycles. The van der Waals surface area contributed by atoms with Crippen LogP contribution in [0.1, 0.15) is 54.6 Å². The number of benzene rings is 1. The van der Waals surface area contributed by atoms with Crippen LogP contribution in [-0.2, 0) is 0 Å². The van der Waals surface area contributed by atoms with Crippen LogP contribution in [0.5, 0.6) is 11.5 Å². The first-order valence-electron chi connectivity index (χ1n) is 8.65. The molecule has 6 heteroatoms. The number of carbonyl (C=O) groups is 1. The van der Waals surface area contributed by atoms with Gasteiger partial charge in [-0.15, -0.1) is 0 Å². The molecule has 2 aromatic rings. The fourth-order valence-corrected chi connectivity index (χ4v) is 4.71. The first-order valence-corrected chi connectivity index (χ1v) is 8.65. The Kier molecular flexibility index (Phi) is 3.45. The van der Waals surface area contributed by atoms with Crippen LogP contribution in [0, 0.1) is 5.41 Å². The summed E-state index contributed by atoms with van der Waals surface area (Å²) in [5.74, 6) is -0.659. The lowest BCUT2D eigenvalue weighted by atomic mass is 9.77. The SMILES string of the molecule is COc1cc2c(cc1O)[C@H]1CCC(C)(C)[C@H]1n1cc(C(=O)O)c(=O)cc1-2. The number of phenols is 1. The number of hydrogen-bond acceptors (Lipinski definition) is 4. The molecule has 1 saturated carbocycles. The number of hydrogen-bond donors (Lipinski definition) is 2. The highest BCUT2D eigenvalue weighted by molar-refractivity contribution is 5.88. The second kappa shape index (κ2) is 5.37. The normalized spacial score (nSPS) is 22.3. The van der Waals surface area contributed by atoms with E-state index in [1.807, 2.05) is 4.57 Å². The lowest BCUT2D eigenvalue weighted by molar-refractivity contribution is 0.0693. The van der Waals surface area contributed by atoms with E-state index in [0.29, 0.717) is 11.4 Å². The zero-order chi connectivity index (χ0) is 18.8. The van der Waals surface area contributed by atoms with Gasteiger partial charge in [0.25, 0.3) is 0 Å². The molecule has 0 unspecified atom stereocenters. The van der Waals surface area contributed by atoms with Gasteiger partial charge >= 0.3 is 5.97 Å². The molecule has 2 heterocycles. The number of aromatic carboxylic acids is 1. The highest BCUT2D eigenvalue weighted by Gasteiger charge is 2.47. The van der Waals surface area contributed by atoms with Crippen LogP contribution in [0.3, 0.4) is 0 Å². The van der Waals surface area contributed by atoms with Gasteiger partial charge in [-0.25, -0.2) is 4.79 Å². The van der Waals surface area contributed by atoms with Gasteiger partial charge in [0.05, 0.1) is 12.8 Å². The monoisotopic (exact) mass is 355 g/mol. The van der Waals surface area contributed by atoms with Gasteiger partial charge in [0.15, 0.2) is 16.9 Å². The summed E-state index contributed by atoms with van der Waals surface area (Å²) in [6, 6.07) is 4.88. The van der Waals surface area contributed by atoms with Crippen LogP contribution in [-0.4, -0.2) is 27.9 Å². The van der Waals surface area contributed by atoms with E-state index in [-0.39, 0.29) is 28.7 Å². The van der Waals surface area contributed by atoms with E-state index >= 15 is 0 Å². The number of ether oxygens (including phenoxy) is 1. The van der Waals surface area contributed by atoms with Gasteiger partial charge in [0.2, 0.25) is 0 Å². The summed E-state index contributed by atoms with van der Waals surface area (Å²) in [6.07, 6.45) is 3.39. The Morgan fingerprint density at radius 3 is 2.69 bits per heavy atom. The summed E-state index contributed by atoms with van der Waals surface area (Å²) in [5.41, 5.74) is 1.68. The summed E-state index contributed by atoms with van der Waals surface area (Å²) in [4.78, 5) is 23.8. The molecule has 6 nitrogen and oxygen atoms in total. The molecule has 2 aliphatic rings. The summed E-state index contributed by atoms with van der Waals surface area (Å²) in [6.45, 7) is 4.32. The third kappa shape index (κ3) is 2.18. The minimum Gasteiger partial charge on any atom is -0.504 e. The summed E-state index contributed by atoms with van der Waals surface area (Å²) in [5, 5.41) is 19.7. The number of carboxylic acid groups (broad SMARTS) is 1. The number of aromatic hydroxyl groups is 1. The minimum absolute atomic E-state index is 0.0245. The number of fused-ring (bicyclic) bond motifs is 6. The van der Waals surface area contributed by atoms with Crippen LogP contribution in [0.15, 0.2) is 29.2 Å². The predicted molar refractivity (Wildman–Crippen MR) is 96.1 cm³/mol. The standard InChI is InChI=1S/C20H21NO5/c1-20(2)5-4-10-11-6-16(23)17(26-3)7-12(11)14-8-15(22)13(19(24)25)9-21(14)18(10)20/h6-10,18,23H,4-5H2,1-3H3,(H,24,25)/t10-,18+/m1/s1. The number of aromatic nitrogens is 1. The molecule has 1 aromatic heterocycles. The molecule has 0 bridgehead atoms. The second-order valence-electron chi connectivity index (χ2n) is 7.84. The Balaban J connectivity index is 2.07. The zero-order valence-electron chi connectivity index (χ0n) is 14.9. The van der Waals surface area contributed by atoms with Crippen LogP contribution in [0.2, 0.25) is 0 Å². The van der Waals surface area contributed by atoms with E-state index in [9.17, 15) is 19.8 Å². The van der Waals surface area contributed by atoms with Crippen LogP contribution in [0.25, 0.3) is 11.3 Å². The van der Waals surface area contributed by atoms with Gasteiger partial charge < -0.3 is 19.5 Å². The maximum atomic E-state index is 12.3. The van der Waals surface area contributed by atoms with Crippen molar-refractivity contribution in [3.8, 4) is 22.8 Å². The summed E-state index contributed by atoms with van der Waals surface area (Å²) >= 11 is 0. The molecule has 136 valence electrons. The van der Waals surface area contributed by atoms with E-state index in [2.05, 4.69) is 13.8 Å².